The Bertz CT molecular complexity index is 1060. The van der Waals surface area contributed by atoms with Crippen molar-refractivity contribution in [2.24, 2.45) is 4.99 Å². The molecule has 4 aliphatic rings. The highest BCUT2D eigenvalue weighted by molar-refractivity contribution is 5.87. The Hall–Kier alpha value is -2.87. The van der Waals surface area contributed by atoms with Gasteiger partial charge in [-0.3, -0.25) is 4.99 Å². The van der Waals surface area contributed by atoms with Gasteiger partial charge in [0.2, 0.25) is 5.88 Å². The molecule has 0 spiro atoms. The van der Waals surface area contributed by atoms with Crippen LogP contribution in [0.1, 0.15) is 44.3 Å². The van der Waals surface area contributed by atoms with Crippen LogP contribution in [-0.4, -0.2) is 67.3 Å². The Morgan fingerprint density at radius 3 is 2.44 bits per heavy atom. The van der Waals surface area contributed by atoms with Gasteiger partial charge >= 0.3 is 0 Å². The number of rotatable bonds is 5. The van der Waals surface area contributed by atoms with Crippen LogP contribution in [0, 0.1) is 6.92 Å². The zero-order valence-corrected chi connectivity index (χ0v) is 20.0. The lowest BCUT2D eigenvalue weighted by molar-refractivity contribution is 0.0304. The molecular formula is C26H33N5O3. The lowest BCUT2D eigenvalue weighted by atomic mass is 9.95. The van der Waals surface area contributed by atoms with Crippen molar-refractivity contribution < 1.29 is 14.2 Å². The van der Waals surface area contributed by atoms with Gasteiger partial charge in [0.05, 0.1) is 30.5 Å². The van der Waals surface area contributed by atoms with Gasteiger partial charge in [-0.25, -0.2) is 4.98 Å². The molecule has 8 nitrogen and oxygen atoms in total. The van der Waals surface area contributed by atoms with Gasteiger partial charge in [0.15, 0.2) is 0 Å². The highest BCUT2D eigenvalue weighted by Crippen LogP contribution is 2.45. The zero-order chi connectivity index (χ0) is 23.1. The quantitative estimate of drug-likeness (QED) is 0.662. The summed E-state index contributed by atoms with van der Waals surface area (Å²) >= 11 is 0. The third-order valence-corrected chi connectivity index (χ3v) is 7.37. The number of benzene rings is 1. The molecule has 3 fully saturated rings. The van der Waals surface area contributed by atoms with Crippen LogP contribution in [0.3, 0.4) is 0 Å². The van der Waals surface area contributed by atoms with Crippen molar-refractivity contribution in [3.63, 3.8) is 0 Å². The number of anilines is 2. The number of fused-ring (bicyclic) bond motifs is 3. The van der Waals surface area contributed by atoms with Crippen molar-refractivity contribution in [1.82, 2.24) is 9.97 Å². The maximum Gasteiger partial charge on any atom is 0.216 e. The van der Waals surface area contributed by atoms with E-state index in [1.807, 2.05) is 19.2 Å². The summed E-state index contributed by atoms with van der Waals surface area (Å²) in [5.41, 5.74) is 3.28. The second kappa shape index (κ2) is 9.06. The molecule has 0 amide bonds. The van der Waals surface area contributed by atoms with Crippen LogP contribution in [0.4, 0.5) is 17.1 Å². The average molecular weight is 464 g/mol. The number of nitrogens with zero attached hydrogens (tertiary/aromatic N) is 5. The summed E-state index contributed by atoms with van der Waals surface area (Å²) in [5.74, 6) is 2.35. The number of aromatic nitrogens is 2. The monoisotopic (exact) mass is 463 g/mol. The van der Waals surface area contributed by atoms with Gasteiger partial charge in [0.25, 0.3) is 0 Å². The van der Waals surface area contributed by atoms with Crippen LogP contribution >= 0.6 is 0 Å². The number of ether oxygens (including phenoxy) is 3. The number of aryl methyl sites for hydroxylation is 1. The first-order chi connectivity index (χ1) is 16.6. The predicted octanol–water partition coefficient (Wildman–Crippen LogP) is 4.07. The van der Waals surface area contributed by atoms with Crippen LogP contribution in [0.25, 0.3) is 0 Å². The van der Waals surface area contributed by atoms with Crippen LogP contribution in [0.2, 0.25) is 0 Å². The molecule has 6 rings (SSSR count). The van der Waals surface area contributed by atoms with Gasteiger partial charge < -0.3 is 24.0 Å². The normalized spacial score (nSPS) is 28.1. The molecule has 1 aliphatic carbocycles. The standard InChI is InChI=1S/C26H33N5O3/c1-17-27-10-9-25(29-17)34-20-5-3-19(4-6-20)33-24-14-18(13-23-26(24)30(2)12-11-28-23)31-15-21-7-8-22(16-31)32-21/h9-11,13-14,19-22H,3-8,12,15-16H2,1-2H3. The fourth-order valence-corrected chi connectivity index (χ4v) is 5.63. The number of hydrogen-bond donors (Lipinski definition) is 0. The van der Waals surface area contributed by atoms with Crippen molar-refractivity contribution in [3.05, 3.63) is 30.2 Å². The molecule has 2 aromatic rings. The molecule has 1 aromatic heterocycles. The first-order valence-electron chi connectivity index (χ1n) is 12.6. The fraction of sp³-hybridized carbons (Fsp3) is 0.577. The maximum absolute atomic E-state index is 6.69. The summed E-state index contributed by atoms with van der Waals surface area (Å²) in [7, 11) is 2.11. The first-order valence-corrected chi connectivity index (χ1v) is 12.6. The predicted molar refractivity (Wildman–Crippen MR) is 132 cm³/mol. The van der Waals surface area contributed by atoms with E-state index in [-0.39, 0.29) is 12.2 Å². The third kappa shape index (κ3) is 4.43. The molecule has 2 unspecified atom stereocenters. The summed E-state index contributed by atoms with van der Waals surface area (Å²) < 4.78 is 18.9. The second-order valence-electron chi connectivity index (χ2n) is 9.94. The van der Waals surface area contributed by atoms with E-state index in [1.165, 1.54) is 5.69 Å². The lowest BCUT2D eigenvalue weighted by Crippen LogP contribution is -2.42. The van der Waals surface area contributed by atoms with E-state index in [9.17, 15) is 0 Å². The first kappa shape index (κ1) is 21.6. The van der Waals surface area contributed by atoms with E-state index >= 15 is 0 Å². The Morgan fingerprint density at radius 1 is 0.971 bits per heavy atom. The van der Waals surface area contributed by atoms with Gasteiger partial charge in [0, 0.05) is 50.4 Å². The summed E-state index contributed by atoms with van der Waals surface area (Å²) in [4.78, 5) is 18.0. The third-order valence-electron chi connectivity index (χ3n) is 7.37. The summed E-state index contributed by atoms with van der Waals surface area (Å²) in [5, 5.41) is 0. The molecule has 180 valence electrons. The van der Waals surface area contributed by atoms with E-state index < -0.39 is 0 Å². The van der Waals surface area contributed by atoms with Gasteiger partial charge in [-0.05, 0) is 51.5 Å². The second-order valence-corrected chi connectivity index (χ2v) is 9.94. The van der Waals surface area contributed by atoms with Crippen molar-refractivity contribution in [2.45, 2.75) is 69.9 Å². The molecule has 2 bridgehead atoms. The van der Waals surface area contributed by atoms with Gasteiger partial charge in [-0.15, -0.1) is 0 Å². The van der Waals surface area contributed by atoms with E-state index in [2.05, 4.69) is 38.9 Å². The Kier molecular flexibility index (Phi) is 5.77. The van der Waals surface area contributed by atoms with Crippen LogP contribution < -0.4 is 19.3 Å². The SMILES string of the molecule is Cc1nccc(OC2CCC(Oc3cc(N4CC5CCC(C4)O5)cc4c3N(C)CC=N4)CC2)n1. The van der Waals surface area contributed by atoms with Crippen LogP contribution in [0.15, 0.2) is 29.4 Å². The van der Waals surface area contributed by atoms with Crippen molar-refractivity contribution in [3.8, 4) is 11.6 Å². The Labute approximate surface area is 200 Å². The highest BCUT2D eigenvalue weighted by atomic mass is 16.5. The molecule has 2 saturated heterocycles. The minimum Gasteiger partial charge on any atom is -0.488 e. The zero-order valence-electron chi connectivity index (χ0n) is 20.0. The molecular weight excluding hydrogens is 430 g/mol. The van der Waals surface area contributed by atoms with E-state index in [0.717, 1.165) is 81.1 Å². The van der Waals surface area contributed by atoms with E-state index in [1.54, 1.807) is 6.20 Å². The van der Waals surface area contributed by atoms with Gasteiger partial charge in [-0.1, -0.05) is 0 Å². The Balaban J connectivity index is 1.17. The molecule has 8 heteroatoms. The van der Waals surface area contributed by atoms with Crippen molar-refractivity contribution >= 4 is 23.3 Å². The number of hydrogen-bond acceptors (Lipinski definition) is 8. The van der Waals surface area contributed by atoms with Crippen LogP contribution in [0.5, 0.6) is 11.6 Å². The molecule has 0 radical (unpaired) electrons. The Morgan fingerprint density at radius 2 is 1.71 bits per heavy atom. The minimum atomic E-state index is 0.172. The van der Waals surface area contributed by atoms with E-state index in [0.29, 0.717) is 18.1 Å². The van der Waals surface area contributed by atoms with Gasteiger partial charge in [-0.2, -0.15) is 4.98 Å². The highest BCUT2D eigenvalue weighted by Gasteiger charge is 2.35. The van der Waals surface area contributed by atoms with E-state index in [4.69, 9.17) is 19.2 Å². The minimum absolute atomic E-state index is 0.172. The summed E-state index contributed by atoms with van der Waals surface area (Å²) in [6, 6.07) is 6.28. The maximum atomic E-state index is 6.69. The molecule has 0 N–H and O–H groups in total. The molecule has 1 aromatic carbocycles. The van der Waals surface area contributed by atoms with Gasteiger partial charge in [0.1, 0.15) is 23.4 Å². The summed E-state index contributed by atoms with van der Waals surface area (Å²) in [6.45, 7) is 4.57. The molecule has 2 atom stereocenters. The number of morpholine rings is 1. The molecule has 4 heterocycles. The molecule has 3 aliphatic heterocycles. The van der Waals surface area contributed by atoms with Crippen molar-refractivity contribution in [2.75, 3.05) is 36.5 Å². The topological polar surface area (TPSA) is 72.3 Å². The average Bonchev–Trinajstić information content (AvgIpc) is 3.17. The molecule has 34 heavy (non-hydrogen) atoms. The number of aliphatic imine (C=N–C) groups is 1. The lowest BCUT2D eigenvalue weighted by Gasteiger charge is -2.36. The fourth-order valence-electron chi connectivity index (χ4n) is 5.63. The van der Waals surface area contributed by atoms with Crippen LogP contribution in [-0.2, 0) is 4.74 Å². The van der Waals surface area contributed by atoms with Crippen molar-refractivity contribution in [1.29, 1.82) is 0 Å². The smallest absolute Gasteiger partial charge is 0.216 e. The summed E-state index contributed by atoms with van der Waals surface area (Å²) in [6.07, 6.45) is 10.9. The largest absolute Gasteiger partial charge is 0.488 e. The molecule has 1 saturated carbocycles.